The number of amides is 1. The molecule has 0 heterocycles. The van der Waals surface area contributed by atoms with Crippen molar-refractivity contribution in [3.05, 3.63) is 58.1 Å². The van der Waals surface area contributed by atoms with Crippen LogP contribution in [0.5, 0.6) is 11.5 Å². The Kier molecular flexibility index (Phi) is 8.79. The molecule has 1 unspecified atom stereocenters. The van der Waals surface area contributed by atoms with Crippen molar-refractivity contribution in [1.82, 2.24) is 5.32 Å². The van der Waals surface area contributed by atoms with E-state index in [0.29, 0.717) is 17.9 Å². The molecule has 8 heteroatoms. The first-order valence-electron chi connectivity index (χ1n) is 9.02. The molecule has 2 aromatic rings. The zero-order valence-corrected chi connectivity index (χ0v) is 17.9. The molecule has 0 aliphatic heterocycles. The highest BCUT2D eigenvalue weighted by atomic mass is 79.9. The van der Waals surface area contributed by atoms with Gasteiger partial charge in [-0.2, -0.15) is 0 Å². The predicted octanol–water partition coefficient (Wildman–Crippen LogP) is 4.17. The van der Waals surface area contributed by atoms with E-state index in [1.165, 1.54) is 7.11 Å². The number of carbonyl (C=O) groups excluding carboxylic acids is 1. The molecule has 2 N–H and O–H groups in total. The first kappa shape index (κ1) is 22.5. The van der Waals surface area contributed by atoms with E-state index in [1.54, 1.807) is 19.2 Å². The molecule has 2 rings (SSSR count). The van der Waals surface area contributed by atoms with Crippen LogP contribution in [0.25, 0.3) is 0 Å². The van der Waals surface area contributed by atoms with Crippen LogP contribution in [-0.4, -0.2) is 37.4 Å². The molecule has 0 fully saturated rings. The molecule has 0 saturated carbocycles. The van der Waals surface area contributed by atoms with Gasteiger partial charge in [-0.15, -0.1) is 0 Å². The fourth-order valence-corrected chi connectivity index (χ4v) is 3.26. The number of methoxy groups -OCH3 is 2. The van der Waals surface area contributed by atoms with E-state index in [2.05, 4.69) is 21.2 Å². The highest BCUT2D eigenvalue weighted by Crippen LogP contribution is 2.34. The molecule has 29 heavy (non-hydrogen) atoms. The number of benzene rings is 2. The summed E-state index contributed by atoms with van der Waals surface area (Å²) in [5.41, 5.74) is 1.72. The highest BCUT2D eigenvalue weighted by Gasteiger charge is 2.19. The summed E-state index contributed by atoms with van der Waals surface area (Å²) < 4.78 is 16.6. The van der Waals surface area contributed by atoms with Crippen molar-refractivity contribution in [2.45, 2.75) is 31.9 Å². The van der Waals surface area contributed by atoms with E-state index in [9.17, 15) is 9.59 Å². The van der Waals surface area contributed by atoms with Crippen molar-refractivity contribution in [2.24, 2.45) is 0 Å². The first-order valence-corrected chi connectivity index (χ1v) is 9.81. The van der Waals surface area contributed by atoms with Gasteiger partial charge in [0.2, 0.25) is 0 Å². The molecule has 156 valence electrons. The van der Waals surface area contributed by atoms with Gasteiger partial charge < -0.3 is 24.6 Å². The van der Waals surface area contributed by atoms with Gasteiger partial charge in [-0.1, -0.05) is 46.3 Å². The van der Waals surface area contributed by atoms with Gasteiger partial charge in [0.15, 0.2) is 11.5 Å². The number of ether oxygens (including phenoxy) is 3. The summed E-state index contributed by atoms with van der Waals surface area (Å²) in [6, 6.07) is 12.5. The number of carbonyl (C=O) groups is 2. The molecule has 0 aromatic heterocycles. The summed E-state index contributed by atoms with van der Waals surface area (Å²) in [5.74, 6) is 0.190. The summed E-state index contributed by atoms with van der Waals surface area (Å²) in [5, 5.41) is 11.8. The summed E-state index contributed by atoms with van der Waals surface area (Å²) in [6.45, 7) is 0.137. The monoisotopic (exact) mass is 465 g/mol. The van der Waals surface area contributed by atoms with Crippen LogP contribution >= 0.6 is 15.9 Å². The molecule has 0 aliphatic carbocycles. The average molecular weight is 466 g/mol. The number of halogens is 1. The Balaban J connectivity index is 2.07. The number of carboxylic acid groups (broad SMARTS) is 1. The minimum absolute atomic E-state index is 0.0749. The number of hydrogen-bond donors (Lipinski definition) is 2. The van der Waals surface area contributed by atoms with E-state index in [1.807, 2.05) is 30.3 Å². The van der Waals surface area contributed by atoms with Gasteiger partial charge in [0, 0.05) is 16.9 Å². The maximum atomic E-state index is 12.2. The number of aliphatic carboxylic acids is 1. The quantitative estimate of drug-likeness (QED) is 0.546. The van der Waals surface area contributed by atoms with Gasteiger partial charge in [-0.3, -0.25) is 4.79 Å². The zero-order chi connectivity index (χ0) is 21.2. The van der Waals surface area contributed by atoms with Crippen molar-refractivity contribution >= 4 is 28.0 Å². The highest BCUT2D eigenvalue weighted by molar-refractivity contribution is 9.10. The molecule has 7 nitrogen and oxygen atoms in total. The number of alkyl carbamates (subject to hydrolysis) is 1. The van der Waals surface area contributed by atoms with E-state index in [4.69, 9.17) is 19.3 Å². The lowest BCUT2D eigenvalue weighted by atomic mass is 10.0. The lowest BCUT2D eigenvalue weighted by Gasteiger charge is -2.20. The second-order valence-electron chi connectivity index (χ2n) is 6.34. The number of hydrogen-bond acceptors (Lipinski definition) is 5. The van der Waals surface area contributed by atoms with Crippen LogP contribution in [0, 0.1) is 0 Å². The van der Waals surface area contributed by atoms with Crippen molar-refractivity contribution in [3.8, 4) is 11.5 Å². The molecule has 0 spiro atoms. The van der Waals surface area contributed by atoms with Gasteiger partial charge >= 0.3 is 12.1 Å². The topological polar surface area (TPSA) is 94.1 Å². The van der Waals surface area contributed by atoms with Crippen LogP contribution in [0.2, 0.25) is 0 Å². The van der Waals surface area contributed by atoms with Crippen molar-refractivity contribution in [3.63, 3.8) is 0 Å². The molecule has 0 radical (unpaired) electrons. The molecular weight excluding hydrogens is 442 g/mol. The van der Waals surface area contributed by atoms with Crippen molar-refractivity contribution in [2.75, 3.05) is 14.2 Å². The second-order valence-corrected chi connectivity index (χ2v) is 7.19. The van der Waals surface area contributed by atoms with Crippen molar-refractivity contribution < 1.29 is 28.9 Å². The third kappa shape index (κ3) is 7.30. The van der Waals surface area contributed by atoms with E-state index in [0.717, 1.165) is 15.6 Å². The fourth-order valence-electron chi connectivity index (χ4n) is 2.77. The Morgan fingerprint density at radius 3 is 2.38 bits per heavy atom. The molecule has 0 saturated heterocycles. The largest absolute Gasteiger partial charge is 0.493 e. The number of rotatable bonds is 10. The normalized spacial score (nSPS) is 11.4. The minimum Gasteiger partial charge on any atom is -0.493 e. The summed E-state index contributed by atoms with van der Waals surface area (Å²) in [7, 11) is 3.08. The van der Waals surface area contributed by atoms with E-state index < -0.39 is 18.1 Å². The van der Waals surface area contributed by atoms with Gasteiger partial charge in [0.05, 0.1) is 14.2 Å². The summed E-state index contributed by atoms with van der Waals surface area (Å²) in [6.07, 6.45) is -0.0134. The lowest BCUT2D eigenvalue weighted by Crippen LogP contribution is -2.37. The molecule has 1 atom stereocenters. The molecule has 0 bridgehead atoms. The molecule has 1 amide bonds. The second kappa shape index (κ2) is 11.3. The van der Waals surface area contributed by atoms with Crippen LogP contribution in [0.4, 0.5) is 4.79 Å². The summed E-state index contributed by atoms with van der Waals surface area (Å²) >= 11 is 3.49. The first-order chi connectivity index (χ1) is 13.9. The third-order valence-corrected chi connectivity index (χ3v) is 5.00. The van der Waals surface area contributed by atoms with Crippen LogP contribution in [0.3, 0.4) is 0 Å². The Labute approximate surface area is 178 Å². The predicted molar refractivity (Wildman–Crippen MR) is 111 cm³/mol. The summed E-state index contributed by atoms with van der Waals surface area (Å²) in [4.78, 5) is 23.2. The zero-order valence-electron chi connectivity index (χ0n) is 16.3. The SMILES string of the molecule is COc1cc(Br)c(CC(CCC(=O)O)NC(=O)OCc2ccccc2)cc1OC. The lowest BCUT2D eigenvalue weighted by molar-refractivity contribution is -0.137. The maximum absolute atomic E-state index is 12.2. The average Bonchev–Trinajstić information content (AvgIpc) is 2.72. The standard InChI is InChI=1S/C21H24BrNO6/c1-27-18-11-15(17(22)12-19(18)28-2)10-16(8-9-20(24)25)23-21(26)29-13-14-6-4-3-5-7-14/h3-7,11-12,16H,8-10,13H2,1-2H3,(H,23,26)(H,24,25). The minimum atomic E-state index is -0.930. The van der Waals surface area contributed by atoms with Crippen LogP contribution < -0.4 is 14.8 Å². The van der Waals surface area contributed by atoms with Crippen LogP contribution in [-0.2, 0) is 22.6 Å². The van der Waals surface area contributed by atoms with Crippen molar-refractivity contribution in [1.29, 1.82) is 0 Å². The Morgan fingerprint density at radius 2 is 1.76 bits per heavy atom. The van der Waals surface area contributed by atoms with Gasteiger partial charge in [-0.25, -0.2) is 4.79 Å². The van der Waals surface area contributed by atoms with Crippen LogP contribution in [0.15, 0.2) is 46.9 Å². The van der Waals surface area contributed by atoms with E-state index in [-0.39, 0.29) is 19.4 Å². The van der Waals surface area contributed by atoms with Gasteiger partial charge in [0.25, 0.3) is 0 Å². The van der Waals surface area contributed by atoms with Gasteiger partial charge in [-0.05, 0) is 36.1 Å². The Hall–Kier alpha value is -2.74. The molecular formula is C21H24BrNO6. The molecule has 2 aromatic carbocycles. The fraction of sp³-hybridized carbons (Fsp3) is 0.333. The number of carboxylic acids is 1. The van der Waals surface area contributed by atoms with Gasteiger partial charge in [0.1, 0.15) is 6.61 Å². The number of nitrogens with one attached hydrogen (secondary N) is 1. The Bertz CT molecular complexity index is 827. The third-order valence-electron chi connectivity index (χ3n) is 4.26. The smallest absolute Gasteiger partial charge is 0.407 e. The Morgan fingerprint density at radius 1 is 1.10 bits per heavy atom. The van der Waals surface area contributed by atoms with E-state index >= 15 is 0 Å². The van der Waals surface area contributed by atoms with Crippen LogP contribution in [0.1, 0.15) is 24.0 Å². The molecule has 0 aliphatic rings. The maximum Gasteiger partial charge on any atom is 0.407 e.